The highest BCUT2D eigenvalue weighted by Gasteiger charge is 2.31. The van der Waals surface area contributed by atoms with Crippen LogP contribution in [0.1, 0.15) is 24.3 Å². The second-order valence-corrected chi connectivity index (χ2v) is 8.01. The number of rotatable bonds is 3. The van der Waals surface area contributed by atoms with Gasteiger partial charge < -0.3 is 10.8 Å². The Morgan fingerprint density at radius 1 is 1.04 bits per heavy atom. The lowest BCUT2D eigenvalue weighted by Gasteiger charge is -2.25. The number of aliphatic hydroxyl groups excluding tert-OH is 1. The van der Waals surface area contributed by atoms with Gasteiger partial charge in [0.2, 0.25) is 0 Å². The van der Waals surface area contributed by atoms with Crippen molar-refractivity contribution in [2.75, 3.05) is 5.73 Å². The molecule has 0 aliphatic heterocycles. The number of hydrogen-bond acceptors (Lipinski definition) is 4. The third-order valence-electron chi connectivity index (χ3n) is 3.96. The molecule has 1 unspecified atom stereocenters. The Balaban J connectivity index is 1.91. The first-order valence-electron chi connectivity index (χ1n) is 7.49. The summed E-state index contributed by atoms with van der Waals surface area (Å²) in [5.41, 5.74) is 7.00. The lowest BCUT2D eigenvalue weighted by atomic mass is 9.86. The Hall–Kier alpha value is -1.33. The van der Waals surface area contributed by atoms with Gasteiger partial charge >= 0.3 is 0 Å². The first-order chi connectivity index (χ1) is 11.9. The van der Waals surface area contributed by atoms with E-state index in [0.29, 0.717) is 31.2 Å². The number of nitrogens with two attached hydrogens (primary N) is 1. The lowest BCUT2D eigenvalue weighted by Crippen LogP contribution is -2.17. The highest BCUT2D eigenvalue weighted by Crippen LogP contribution is 2.45. The highest BCUT2D eigenvalue weighted by molar-refractivity contribution is 8.04. The van der Waals surface area contributed by atoms with E-state index in [2.05, 4.69) is 0 Å². The van der Waals surface area contributed by atoms with E-state index in [9.17, 15) is 9.90 Å². The fraction of sp³-hybridized carbons (Fsp3) is 0.167. The number of allylic oxidation sites excluding steroid dienone is 2. The van der Waals surface area contributed by atoms with Gasteiger partial charge in [0.05, 0.1) is 9.93 Å². The van der Waals surface area contributed by atoms with Crippen LogP contribution in [0.5, 0.6) is 0 Å². The second kappa shape index (κ2) is 7.50. The SMILES string of the molecule is Nc1ccc(Cl)c(SC2=C(O)CC(c3c(Cl)cccc3Cl)CC2=O)c1. The predicted octanol–water partition coefficient (Wildman–Crippen LogP) is 6.24. The monoisotopic (exact) mass is 413 g/mol. The summed E-state index contributed by atoms with van der Waals surface area (Å²) in [5, 5.41) is 11.9. The van der Waals surface area contributed by atoms with Crippen LogP contribution >= 0.6 is 46.6 Å². The normalized spacial score (nSPS) is 17.9. The molecule has 3 N–H and O–H groups in total. The molecule has 2 aromatic rings. The Kier molecular flexibility index (Phi) is 5.54. The summed E-state index contributed by atoms with van der Waals surface area (Å²) < 4.78 is 0. The average molecular weight is 415 g/mol. The number of aliphatic hydroxyl groups is 1. The van der Waals surface area contributed by atoms with Gasteiger partial charge in [0.25, 0.3) is 0 Å². The largest absolute Gasteiger partial charge is 0.511 e. The number of carbonyl (C=O) groups excluding carboxylic acids is 1. The Morgan fingerprint density at radius 2 is 1.72 bits per heavy atom. The van der Waals surface area contributed by atoms with Crippen molar-refractivity contribution in [3.8, 4) is 0 Å². The summed E-state index contributed by atoms with van der Waals surface area (Å²) in [6.45, 7) is 0. The first-order valence-corrected chi connectivity index (χ1v) is 9.44. The van der Waals surface area contributed by atoms with Crippen molar-refractivity contribution >= 4 is 58.0 Å². The molecule has 0 fully saturated rings. The second-order valence-electron chi connectivity index (χ2n) is 5.73. The van der Waals surface area contributed by atoms with Crippen molar-refractivity contribution in [3.63, 3.8) is 0 Å². The van der Waals surface area contributed by atoms with Crippen molar-refractivity contribution in [3.05, 3.63) is 67.7 Å². The van der Waals surface area contributed by atoms with Crippen LogP contribution in [-0.4, -0.2) is 10.9 Å². The molecule has 1 aliphatic rings. The molecule has 130 valence electrons. The van der Waals surface area contributed by atoms with Crippen LogP contribution < -0.4 is 5.73 Å². The van der Waals surface area contributed by atoms with E-state index < -0.39 is 0 Å². The summed E-state index contributed by atoms with van der Waals surface area (Å²) in [7, 11) is 0. The van der Waals surface area contributed by atoms with Crippen LogP contribution in [0.2, 0.25) is 15.1 Å². The van der Waals surface area contributed by atoms with Gasteiger partial charge in [-0.05, 0) is 35.9 Å². The number of halogens is 3. The molecule has 0 amide bonds. The Morgan fingerprint density at radius 3 is 2.36 bits per heavy atom. The summed E-state index contributed by atoms with van der Waals surface area (Å²) in [6.07, 6.45) is 0.507. The van der Waals surface area contributed by atoms with Gasteiger partial charge in [-0.3, -0.25) is 4.79 Å². The molecule has 25 heavy (non-hydrogen) atoms. The van der Waals surface area contributed by atoms with Crippen molar-refractivity contribution in [2.45, 2.75) is 23.7 Å². The maximum atomic E-state index is 12.6. The molecule has 7 heteroatoms. The van der Waals surface area contributed by atoms with Gasteiger partial charge in [-0.25, -0.2) is 0 Å². The minimum Gasteiger partial charge on any atom is -0.511 e. The minimum absolute atomic E-state index is 0.0146. The zero-order valence-corrected chi connectivity index (χ0v) is 16.0. The molecule has 3 nitrogen and oxygen atoms in total. The number of thioether (sulfide) groups is 1. The molecule has 0 spiro atoms. The Labute approximate surface area is 164 Å². The zero-order valence-electron chi connectivity index (χ0n) is 12.9. The molecule has 0 radical (unpaired) electrons. The molecule has 0 saturated carbocycles. The maximum Gasteiger partial charge on any atom is 0.173 e. The third kappa shape index (κ3) is 3.93. The van der Waals surface area contributed by atoms with Crippen LogP contribution in [0, 0.1) is 0 Å². The van der Waals surface area contributed by atoms with Crippen molar-refractivity contribution < 1.29 is 9.90 Å². The van der Waals surface area contributed by atoms with Crippen LogP contribution in [-0.2, 0) is 4.79 Å². The van der Waals surface area contributed by atoms with Gasteiger partial charge in [-0.1, -0.05) is 52.6 Å². The van der Waals surface area contributed by atoms with E-state index in [1.54, 1.807) is 36.4 Å². The number of nitrogen functional groups attached to an aromatic ring is 1. The fourth-order valence-corrected chi connectivity index (χ4v) is 4.72. The molecule has 3 rings (SSSR count). The quantitative estimate of drug-likeness (QED) is 0.584. The topological polar surface area (TPSA) is 63.3 Å². The smallest absolute Gasteiger partial charge is 0.173 e. The van der Waals surface area contributed by atoms with Crippen LogP contribution in [0.3, 0.4) is 0 Å². The van der Waals surface area contributed by atoms with Gasteiger partial charge in [0.15, 0.2) is 5.78 Å². The van der Waals surface area contributed by atoms with E-state index in [-0.39, 0.29) is 35.2 Å². The summed E-state index contributed by atoms with van der Waals surface area (Å²) in [5.74, 6) is -0.414. The maximum absolute atomic E-state index is 12.6. The van der Waals surface area contributed by atoms with Gasteiger partial charge in [0.1, 0.15) is 5.76 Å². The number of anilines is 1. The highest BCUT2D eigenvalue weighted by atomic mass is 35.5. The van der Waals surface area contributed by atoms with E-state index in [1.807, 2.05) is 0 Å². The van der Waals surface area contributed by atoms with Crippen LogP contribution in [0.4, 0.5) is 5.69 Å². The molecule has 0 saturated heterocycles. The van der Waals surface area contributed by atoms with Gasteiger partial charge in [-0.2, -0.15) is 0 Å². The van der Waals surface area contributed by atoms with E-state index in [1.165, 1.54) is 0 Å². The number of hydrogen-bond donors (Lipinski definition) is 2. The molecular formula is C18H14Cl3NO2S. The Bertz CT molecular complexity index is 862. The standard InChI is InChI=1S/C18H14Cl3NO2S/c19-11-5-4-10(22)8-16(11)25-18-14(23)6-9(7-15(18)24)17-12(20)2-1-3-13(17)21/h1-5,8-9,23H,6-7,22H2. The fourth-order valence-electron chi connectivity index (χ4n) is 2.80. The predicted molar refractivity (Wildman–Crippen MR) is 105 cm³/mol. The number of ketones is 1. The molecule has 0 aromatic heterocycles. The molecule has 1 aliphatic carbocycles. The summed E-state index contributed by atoms with van der Waals surface area (Å²) >= 11 is 19.7. The zero-order chi connectivity index (χ0) is 18.1. The number of benzene rings is 2. The minimum atomic E-state index is -0.255. The van der Waals surface area contributed by atoms with Crippen LogP contribution in [0.25, 0.3) is 0 Å². The number of Topliss-reactive ketones (excluding diaryl/α,β-unsaturated/α-hetero) is 1. The number of carbonyl (C=O) groups is 1. The lowest BCUT2D eigenvalue weighted by molar-refractivity contribution is -0.115. The first kappa shape index (κ1) is 18.5. The van der Waals surface area contributed by atoms with E-state index in [0.717, 1.165) is 11.8 Å². The van der Waals surface area contributed by atoms with Crippen LogP contribution in [0.15, 0.2) is 52.0 Å². The van der Waals surface area contributed by atoms with Gasteiger partial charge in [0, 0.05) is 39.4 Å². The van der Waals surface area contributed by atoms with Gasteiger partial charge in [-0.15, -0.1) is 0 Å². The van der Waals surface area contributed by atoms with Crippen molar-refractivity contribution in [1.82, 2.24) is 0 Å². The van der Waals surface area contributed by atoms with Crippen molar-refractivity contribution in [1.29, 1.82) is 0 Å². The van der Waals surface area contributed by atoms with Crippen molar-refractivity contribution in [2.24, 2.45) is 0 Å². The molecule has 0 bridgehead atoms. The molecule has 1 atom stereocenters. The molecule has 0 heterocycles. The average Bonchev–Trinajstić information content (AvgIpc) is 2.54. The van der Waals surface area contributed by atoms with E-state index in [4.69, 9.17) is 40.5 Å². The molecular weight excluding hydrogens is 401 g/mol. The summed E-state index contributed by atoms with van der Waals surface area (Å²) in [6, 6.07) is 10.2. The third-order valence-corrected chi connectivity index (χ3v) is 6.29. The molecule has 2 aromatic carbocycles. The summed E-state index contributed by atoms with van der Waals surface area (Å²) in [4.78, 5) is 13.5. The van der Waals surface area contributed by atoms with E-state index >= 15 is 0 Å².